The molecule has 54 heavy (non-hydrogen) atoms. The maximum atomic E-state index is 12.7. The Morgan fingerprint density at radius 1 is 0.593 bits per heavy atom. The van der Waals surface area contributed by atoms with Crippen LogP contribution in [0, 0.1) is 0 Å². The molecule has 9 heteroatoms. The summed E-state index contributed by atoms with van der Waals surface area (Å²) in [6.07, 6.45) is 45.5. The summed E-state index contributed by atoms with van der Waals surface area (Å²) < 4.78 is 34.5. The van der Waals surface area contributed by atoms with Crippen molar-refractivity contribution in [2.24, 2.45) is 0 Å². The van der Waals surface area contributed by atoms with Gasteiger partial charge in [0.25, 0.3) is 7.82 Å². The van der Waals surface area contributed by atoms with Crippen molar-refractivity contribution in [3.05, 3.63) is 48.6 Å². The molecular formula is C45H84NO7P. The molecule has 0 aliphatic rings. The SMILES string of the molecule is CC/C=C\C/C=C\C/C=C\C/C=C\CCCCCCCCCCCCC(=O)OC(COCCCCCCCCCCC)COP(=O)([O-])OCC[N+](C)(C)C. The molecule has 0 aromatic heterocycles. The van der Waals surface area contributed by atoms with Gasteiger partial charge in [-0.25, -0.2) is 0 Å². The predicted molar refractivity (Wildman–Crippen MR) is 226 cm³/mol. The van der Waals surface area contributed by atoms with Gasteiger partial charge in [-0.05, 0) is 51.4 Å². The van der Waals surface area contributed by atoms with Crippen molar-refractivity contribution in [3.63, 3.8) is 0 Å². The molecule has 0 aromatic carbocycles. The Labute approximate surface area is 333 Å². The van der Waals surface area contributed by atoms with Crippen LogP contribution in [0.1, 0.15) is 174 Å². The molecule has 0 heterocycles. The van der Waals surface area contributed by atoms with Gasteiger partial charge in [-0.15, -0.1) is 0 Å². The van der Waals surface area contributed by atoms with Crippen molar-refractivity contribution in [2.75, 3.05) is 54.1 Å². The van der Waals surface area contributed by atoms with E-state index in [0.717, 1.165) is 57.8 Å². The Balaban J connectivity index is 4.12. The van der Waals surface area contributed by atoms with E-state index in [1.54, 1.807) is 0 Å². The summed E-state index contributed by atoms with van der Waals surface area (Å²) in [6.45, 7) is 5.28. The zero-order chi connectivity index (χ0) is 39.9. The first kappa shape index (κ1) is 52.5. The van der Waals surface area contributed by atoms with Crippen molar-refractivity contribution in [1.82, 2.24) is 0 Å². The number of likely N-dealkylation sites (N-methyl/N-ethyl adjacent to an activating group) is 1. The van der Waals surface area contributed by atoms with E-state index < -0.39 is 13.9 Å². The molecule has 0 bridgehead atoms. The molecule has 0 saturated heterocycles. The van der Waals surface area contributed by atoms with Crippen LogP contribution in [0.15, 0.2) is 48.6 Å². The molecule has 0 aliphatic heterocycles. The average molecular weight is 782 g/mol. The number of ether oxygens (including phenoxy) is 2. The molecule has 8 nitrogen and oxygen atoms in total. The fourth-order valence-corrected chi connectivity index (χ4v) is 6.50. The Morgan fingerprint density at radius 3 is 1.61 bits per heavy atom. The molecule has 0 aliphatic carbocycles. The van der Waals surface area contributed by atoms with Crippen LogP contribution < -0.4 is 4.89 Å². The largest absolute Gasteiger partial charge is 0.756 e. The fourth-order valence-electron chi connectivity index (χ4n) is 5.77. The Hall–Kier alpha value is -1.54. The molecule has 2 atom stereocenters. The van der Waals surface area contributed by atoms with Crippen LogP contribution in [0.3, 0.4) is 0 Å². The number of nitrogens with zero attached hydrogens (tertiary/aromatic N) is 1. The molecule has 0 spiro atoms. The van der Waals surface area contributed by atoms with Crippen LogP contribution in [0.4, 0.5) is 0 Å². The van der Waals surface area contributed by atoms with E-state index in [2.05, 4.69) is 62.5 Å². The maximum absolute atomic E-state index is 12.7. The lowest BCUT2D eigenvalue weighted by Gasteiger charge is -2.28. The van der Waals surface area contributed by atoms with Gasteiger partial charge in [-0.1, -0.05) is 165 Å². The van der Waals surface area contributed by atoms with E-state index in [1.807, 2.05) is 21.1 Å². The number of hydrogen-bond donors (Lipinski definition) is 0. The third-order valence-electron chi connectivity index (χ3n) is 9.14. The Bertz CT molecular complexity index is 1000. The van der Waals surface area contributed by atoms with E-state index in [-0.39, 0.29) is 25.8 Å². The van der Waals surface area contributed by atoms with E-state index in [0.29, 0.717) is 24.1 Å². The van der Waals surface area contributed by atoms with E-state index in [4.69, 9.17) is 18.5 Å². The first-order valence-corrected chi connectivity index (χ1v) is 23.3. The van der Waals surface area contributed by atoms with E-state index in [1.165, 1.54) is 96.3 Å². The molecule has 316 valence electrons. The molecule has 2 unspecified atom stereocenters. The number of hydrogen-bond acceptors (Lipinski definition) is 7. The van der Waals surface area contributed by atoms with Gasteiger partial charge in [0, 0.05) is 13.0 Å². The first-order valence-electron chi connectivity index (χ1n) is 21.9. The topological polar surface area (TPSA) is 94.1 Å². The number of carbonyl (C=O) groups is 1. The number of allylic oxidation sites excluding steroid dienone is 8. The second kappa shape index (κ2) is 38.3. The highest BCUT2D eigenvalue weighted by Gasteiger charge is 2.20. The lowest BCUT2D eigenvalue weighted by Crippen LogP contribution is -2.37. The quantitative estimate of drug-likeness (QED) is 0.0201. The second-order valence-electron chi connectivity index (χ2n) is 15.7. The van der Waals surface area contributed by atoms with Gasteiger partial charge in [-0.2, -0.15) is 0 Å². The minimum absolute atomic E-state index is 0.0249. The normalized spacial score (nSPS) is 14.3. The minimum atomic E-state index is -4.52. The predicted octanol–water partition coefficient (Wildman–Crippen LogP) is 12.1. The molecule has 0 fully saturated rings. The lowest BCUT2D eigenvalue weighted by atomic mass is 10.0. The van der Waals surface area contributed by atoms with Crippen LogP contribution in [-0.2, 0) is 27.9 Å². The Morgan fingerprint density at radius 2 is 1.07 bits per heavy atom. The van der Waals surface area contributed by atoms with Crippen molar-refractivity contribution >= 4 is 13.8 Å². The van der Waals surface area contributed by atoms with E-state index in [9.17, 15) is 14.3 Å². The van der Waals surface area contributed by atoms with Gasteiger partial charge < -0.3 is 27.9 Å². The number of phosphoric ester groups is 1. The minimum Gasteiger partial charge on any atom is -0.756 e. The summed E-state index contributed by atoms with van der Waals surface area (Å²) in [7, 11) is 1.35. The monoisotopic (exact) mass is 782 g/mol. The summed E-state index contributed by atoms with van der Waals surface area (Å²) in [5.74, 6) is -0.341. The molecule has 0 amide bonds. The number of carbonyl (C=O) groups excluding carboxylic acids is 1. The standard InChI is InChI=1S/C45H84NO7P/c1-6-8-10-12-14-16-17-18-19-20-21-22-23-24-25-26-27-28-29-30-32-34-36-38-45(47)53-44(43-52-54(48,49)51-41-39-46(3,4)5)42-50-40-37-35-33-31-15-13-11-9-7-2/h8,10,14,16,18-19,21-22,44H,6-7,9,11-13,15,17,20,23-43H2,1-5H3/b10-8-,16-14-,19-18-,22-21-. The third-order valence-corrected chi connectivity index (χ3v) is 10.1. The summed E-state index contributed by atoms with van der Waals surface area (Å²) in [4.78, 5) is 25.0. The second-order valence-corrected chi connectivity index (χ2v) is 17.1. The molecular weight excluding hydrogens is 697 g/mol. The maximum Gasteiger partial charge on any atom is 0.306 e. The fraction of sp³-hybridized carbons (Fsp3) is 0.800. The lowest BCUT2D eigenvalue weighted by molar-refractivity contribution is -0.870. The highest BCUT2D eigenvalue weighted by Crippen LogP contribution is 2.38. The Kier molecular flexibility index (Phi) is 37.2. The molecule has 0 N–H and O–H groups in total. The van der Waals surface area contributed by atoms with Crippen LogP contribution >= 0.6 is 7.82 Å². The summed E-state index contributed by atoms with van der Waals surface area (Å²) in [6, 6.07) is 0. The van der Waals surface area contributed by atoms with Gasteiger partial charge in [0.05, 0.1) is 34.4 Å². The van der Waals surface area contributed by atoms with Gasteiger partial charge >= 0.3 is 5.97 Å². The first-order chi connectivity index (χ1) is 26.1. The zero-order valence-corrected chi connectivity index (χ0v) is 36.6. The van der Waals surface area contributed by atoms with Gasteiger partial charge in [0.2, 0.25) is 0 Å². The summed E-state index contributed by atoms with van der Waals surface area (Å²) in [5.41, 5.74) is 0. The van der Waals surface area contributed by atoms with Crippen LogP contribution in [0.25, 0.3) is 0 Å². The molecule has 0 rings (SSSR count). The molecule has 0 saturated carbocycles. The van der Waals surface area contributed by atoms with Gasteiger partial charge in [0.15, 0.2) is 0 Å². The number of unbranched alkanes of at least 4 members (excludes halogenated alkanes) is 18. The number of esters is 1. The van der Waals surface area contributed by atoms with Gasteiger partial charge in [0.1, 0.15) is 19.3 Å². The van der Waals surface area contributed by atoms with Crippen LogP contribution in [0.2, 0.25) is 0 Å². The van der Waals surface area contributed by atoms with Gasteiger partial charge in [-0.3, -0.25) is 9.36 Å². The molecule has 0 radical (unpaired) electrons. The van der Waals surface area contributed by atoms with Crippen LogP contribution in [-0.4, -0.2) is 70.7 Å². The average Bonchev–Trinajstić information content (AvgIpc) is 3.12. The summed E-state index contributed by atoms with van der Waals surface area (Å²) >= 11 is 0. The highest BCUT2D eigenvalue weighted by atomic mass is 31.2. The molecule has 0 aromatic rings. The zero-order valence-electron chi connectivity index (χ0n) is 35.7. The van der Waals surface area contributed by atoms with Crippen LogP contribution in [0.5, 0.6) is 0 Å². The number of quaternary nitrogens is 1. The number of phosphoric acid groups is 1. The van der Waals surface area contributed by atoms with Crippen molar-refractivity contribution in [1.29, 1.82) is 0 Å². The third kappa shape index (κ3) is 41.6. The van der Waals surface area contributed by atoms with Crippen molar-refractivity contribution < 1.29 is 37.3 Å². The smallest absolute Gasteiger partial charge is 0.306 e. The van der Waals surface area contributed by atoms with Crippen molar-refractivity contribution in [2.45, 2.75) is 180 Å². The van der Waals surface area contributed by atoms with Crippen molar-refractivity contribution in [3.8, 4) is 0 Å². The highest BCUT2D eigenvalue weighted by molar-refractivity contribution is 7.45. The van der Waals surface area contributed by atoms with E-state index >= 15 is 0 Å². The summed E-state index contributed by atoms with van der Waals surface area (Å²) in [5, 5.41) is 0. The number of rotatable bonds is 40.